The fourth-order valence-corrected chi connectivity index (χ4v) is 2.73. The molecular formula is C20H18N4O4. The molecule has 3 aromatic rings. The van der Waals surface area contributed by atoms with Crippen molar-refractivity contribution in [2.24, 2.45) is 0 Å². The summed E-state index contributed by atoms with van der Waals surface area (Å²) in [6, 6.07) is 20.7. The van der Waals surface area contributed by atoms with E-state index in [2.05, 4.69) is 10.6 Å². The van der Waals surface area contributed by atoms with Gasteiger partial charge in [-0.2, -0.15) is 0 Å². The van der Waals surface area contributed by atoms with E-state index in [1.165, 1.54) is 12.1 Å². The van der Waals surface area contributed by atoms with Crippen LogP contribution in [0.1, 0.15) is 11.1 Å². The van der Waals surface area contributed by atoms with Crippen molar-refractivity contribution in [1.82, 2.24) is 0 Å². The number of anilines is 2. The lowest BCUT2D eigenvalue weighted by atomic mass is 10.1. The third-order valence-corrected chi connectivity index (χ3v) is 4.19. The lowest BCUT2D eigenvalue weighted by Crippen LogP contribution is -2.04. The van der Waals surface area contributed by atoms with Crippen LogP contribution in [-0.4, -0.2) is 9.85 Å². The smallest absolute Gasteiger partial charge is 0.292 e. The van der Waals surface area contributed by atoms with Gasteiger partial charge in [-0.3, -0.25) is 20.2 Å². The van der Waals surface area contributed by atoms with Crippen LogP contribution < -0.4 is 10.6 Å². The fourth-order valence-electron chi connectivity index (χ4n) is 2.73. The van der Waals surface area contributed by atoms with Crippen LogP contribution in [0.4, 0.5) is 22.7 Å². The van der Waals surface area contributed by atoms with Crippen LogP contribution in [0.2, 0.25) is 0 Å². The second kappa shape index (κ2) is 8.63. The highest BCUT2D eigenvalue weighted by Crippen LogP contribution is 2.25. The topological polar surface area (TPSA) is 110 Å². The van der Waals surface area contributed by atoms with Crippen LogP contribution in [0.15, 0.2) is 72.8 Å². The first-order chi connectivity index (χ1) is 13.5. The SMILES string of the molecule is O=[N+]([O-])c1ccccc1NCc1ccc(CNc2ccccc2[N+](=O)[O-])cc1. The van der Waals surface area contributed by atoms with Gasteiger partial charge in [0.25, 0.3) is 11.4 Å². The highest BCUT2D eigenvalue weighted by atomic mass is 16.6. The fraction of sp³-hybridized carbons (Fsp3) is 0.100. The Morgan fingerprint density at radius 3 is 1.32 bits per heavy atom. The van der Waals surface area contributed by atoms with Gasteiger partial charge in [-0.05, 0) is 23.3 Å². The Labute approximate surface area is 161 Å². The minimum Gasteiger partial charge on any atom is -0.375 e. The molecule has 0 bridgehead atoms. The highest BCUT2D eigenvalue weighted by Gasteiger charge is 2.12. The molecule has 3 aromatic carbocycles. The molecule has 142 valence electrons. The molecule has 0 aliphatic rings. The lowest BCUT2D eigenvalue weighted by molar-refractivity contribution is -0.384. The molecule has 0 aliphatic carbocycles. The minimum atomic E-state index is -0.417. The molecule has 0 saturated carbocycles. The van der Waals surface area contributed by atoms with Gasteiger partial charge in [0.2, 0.25) is 0 Å². The van der Waals surface area contributed by atoms with Crippen molar-refractivity contribution >= 4 is 22.7 Å². The Bertz CT molecular complexity index is 909. The monoisotopic (exact) mass is 378 g/mol. The van der Waals surface area contributed by atoms with E-state index in [1.54, 1.807) is 36.4 Å². The van der Waals surface area contributed by atoms with E-state index in [1.807, 2.05) is 24.3 Å². The largest absolute Gasteiger partial charge is 0.375 e. The molecule has 8 nitrogen and oxygen atoms in total. The van der Waals surface area contributed by atoms with Crippen LogP contribution in [0.5, 0.6) is 0 Å². The molecule has 0 atom stereocenters. The van der Waals surface area contributed by atoms with Gasteiger partial charge >= 0.3 is 0 Å². The van der Waals surface area contributed by atoms with Gasteiger partial charge in [-0.1, -0.05) is 48.5 Å². The molecule has 0 saturated heterocycles. The number of nitro groups is 2. The first-order valence-electron chi connectivity index (χ1n) is 8.57. The average Bonchev–Trinajstić information content (AvgIpc) is 2.71. The quantitative estimate of drug-likeness (QED) is 0.433. The van der Waals surface area contributed by atoms with Crippen LogP contribution >= 0.6 is 0 Å². The maximum Gasteiger partial charge on any atom is 0.292 e. The van der Waals surface area contributed by atoms with E-state index in [0.717, 1.165) is 11.1 Å². The number of hydrogen-bond acceptors (Lipinski definition) is 6. The number of nitro benzene ring substituents is 2. The summed E-state index contributed by atoms with van der Waals surface area (Å²) < 4.78 is 0. The molecule has 0 amide bonds. The van der Waals surface area contributed by atoms with E-state index < -0.39 is 9.85 Å². The van der Waals surface area contributed by atoms with Crippen molar-refractivity contribution < 1.29 is 9.85 Å². The van der Waals surface area contributed by atoms with Gasteiger partial charge in [0.05, 0.1) is 9.85 Å². The van der Waals surface area contributed by atoms with Crippen molar-refractivity contribution in [3.8, 4) is 0 Å². The van der Waals surface area contributed by atoms with Gasteiger partial charge in [0.15, 0.2) is 0 Å². The summed E-state index contributed by atoms with van der Waals surface area (Å²) >= 11 is 0. The van der Waals surface area contributed by atoms with Gasteiger partial charge in [0.1, 0.15) is 11.4 Å². The summed E-state index contributed by atoms with van der Waals surface area (Å²) in [5.74, 6) is 0. The van der Waals surface area contributed by atoms with Gasteiger partial charge in [0, 0.05) is 25.2 Å². The number of nitrogens with zero attached hydrogens (tertiary/aromatic N) is 2. The predicted molar refractivity (Wildman–Crippen MR) is 107 cm³/mol. The first kappa shape index (κ1) is 18.8. The minimum absolute atomic E-state index is 0.0350. The van der Waals surface area contributed by atoms with Gasteiger partial charge < -0.3 is 10.6 Å². The summed E-state index contributed by atoms with van der Waals surface area (Å²) in [4.78, 5) is 21.3. The first-order valence-corrected chi connectivity index (χ1v) is 8.57. The summed E-state index contributed by atoms with van der Waals surface area (Å²) in [6.45, 7) is 0.894. The lowest BCUT2D eigenvalue weighted by Gasteiger charge is -2.09. The zero-order valence-electron chi connectivity index (χ0n) is 14.9. The van der Waals surface area contributed by atoms with Crippen molar-refractivity contribution in [3.63, 3.8) is 0 Å². The number of nitrogens with one attached hydrogen (secondary N) is 2. The Morgan fingerprint density at radius 2 is 0.964 bits per heavy atom. The number of benzene rings is 3. The van der Waals surface area contributed by atoms with E-state index in [4.69, 9.17) is 0 Å². The summed E-state index contributed by atoms with van der Waals surface area (Å²) in [7, 11) is 0. The van der Waals surface area contributed by atoms with Crippen LogP contribution in [0.25, 0.3) is 0 Å². The summed E-state index contributed by atoms with van der Waals surface area (Å²) in [6.07, 6.45) is 0. The Kier molecular flexibility index (Phi) is 5.81. The average molecular weight is 378 g/mol. The van der Waals surface area contributed by atoms with E-state index in [9.17, 15) is 20.2 Å². The van der Waals surface area contributed by atoms with Gasteiger partial charge in [-0.15, -0.1) is 0 Å². The third-order valence-electron chi connectivity index (χ3n) is 4.19. The van der Waals surface area contributed by atoms with Crippen molar-refractivity contribution in [3.05, 3.63) is 104 Å². The molecule has 0 fully saturated rings. The van der Waals surface area contributed by atoms with Crippen LogP contribution in [0, 0.1) is 20.2 Å². The summed E-state index contributed by atoms with van der Waals surface area (Å²) in [5.41, 5.74) is 2.94. The molecule has 0 radical (unpaired) electrons. The van der Waals surface area contributed by atoms with E-state index >= 15 is 0 Å². The molecule has 0 aliphatic heterocycles. The molecule has 28 heavy (non-hydrogen) atoms. The Morgan fingerprint density at radius 1 is 0.607 bits per heavy atom. The maximum absolute atomic E-state index is 11.0. The molecule has 0 heterocycles. The molecule has 3 rings (SSSR count). The third kappa shape index (κ3) is 4.61. The molecule has 0 spiro atoms. The Balaban J connectivity index is 1.60. The zero-order chi connectivity index (χ0) is 19.9. The van der Waals surface area contributed by atoms with Crippen LogP contribution in [-0.2, 0) is 13.1 Å². The predicted octanol–water partition coefficient (Wildman–Crippen LogP) is 4.73. The van der Waals surface area contributed by atoms with Crippen molar-refractivity contribution in [2.75, 3.05) is 10.6 Å². The standard InChI is InChI=1S/C20H18N4O4/c25-23(26)19-7-3-1-5-17(19)21-13-15-9-11-16(12-10-15)14-22-18-6-2-4-8-20(18)24(27)28/h1-12,21-22H,13-14H2. The second-order valence-corrected chi connectivity index (χ2v) is 6.07. The molecule has 2 N–H and O–H groups in total. The zero-order valence-corrected chi connectivity index (χ0v) is 14.9. The molecule has 0 aromatic heterocycles. The number of para-hydroxylation sites is 4. The molecular weight excluding hydrogens is 360 g/mol. The van der Waals surface area contributed by atoms with E-state index in [-0.39, 0.29) is 11.4 Å². The van der Waals surface area contributed by atoms with E-state index in [0.29, 0.717) is 24.5 Å². The Hall–Kier alpha value is -3.94. The van der Waals surface area contributed by atoms with Crippen molar-refractivity contribution in [2.45, 2.75) is 13.1 Å². The molecule has 0 unspecified atom stereocenters. The molecule has 8 heteroatoms. The van der Waals surface area contributed by atoms with Gasteiger partial charge in [-0.25, -0.2) is 0 Å². The highest BCUT2D eigenvalue weighted by molar-refractivity contribution is 5.62. The normalized spacial score (nSPS) is 10.3. The number of rotatable bonds is 8. The maximum atomic E-state index is 11.0. The number of hydrogen-bond donors (Lipinski definition) is 2. The summed E-state index contributed by atoms with van der Waals surface area (Å²) in [5, 5.41) is 28.3. The van der Waals surface area contributed by atoms with Crippen LogP contribution in [0.3, 0.4) is 0 Å². The second-order valence-electron chi connectivity index (χ2n) is 6.07. The van der Waals surface area contributed by atoms with Crippen molar-refractivity contribution in [1.29, 1.82) is 0 Å².